The summed E-state index contributed by atoms with van der Waals surface area (Å²) in [6.07, 6.45) is 0.974. The van der Waals surface area contributed by atoms with E-state index >= 15 is 0 Å². The Morgan fingerprint density at radius 3 is 2.39 bits per heavy atom. The molecule has 1 fully saturated rings. The normalized spacial score (nSPS) is 15.4. The Morgan fingerprint density at radius 1 is 0.903 bits per heavy atom. The summed E-state index contributed by atoms with van der Waals surface area (Å²) in [6, 6.07) is 21.6. The van der Waals surface area contributed by atoms with Crippen molar-refractivity contribution in [2.24, 2.45) is 0 Å². The topological polar surface area (TPSA) is 24.3 Å². The van der Waals surface area contributed by atoms with E-state index in [4.69, 9.17) is 16.6 Å². The number of piperazine rings is 1. The van der Waals surface area contributed by atoms with Crippen LogP contribution in [0.2, 0.25) is 5.02 Å². The van der Waals surface area contributed by atoms with Gasteiger partial charge in [-0.15, -0.1) is 0 Å². The smallest absolute Gasteiger partial charge is 0.111 e. The van der Waals surface area contributed by atoms with Crippen molar-refractivity contribution in [3.8, 4) is 0 Å². The van der Waals surface area contributed by atoms with Gasteiger partial charge in [-0.2, -0.15) is 0 Å². The fourth-order valence-electron chi connectivity index (χ4n) is 4.78. The Hall–Kier alpha value is -2.56. The van der Waals surface area contributed by atoms with Gasteiger partial charge in [-0.3, -0.25) is 4.90 Å². The third-order valence-electron chi connectivity index (χ3n) is 6.38. The molecule has 0 aliphatic carbocycles. The molecule has 1 saturated heterocycles. The molecular formula is C26H29ClN4. The van der Waals surface area contributed by atoms with Crippen LogP contribution in [0.5, 0.6) is 0 Å². The van der Waals surface area contributed by atoms with E-state index in [2.05, 4.69) is 76.7 Å². The number of halogens is 1. The quantitative estimate of drug-likeness (QED) is 0.399. The molecule has 0 radical (unpaired) electrons. The molecule has 1 aliphatic heterocycles. The summed E-state index contributed by atoms with van der Waals surface area (Å²) < 4.78 is 2.45. The van der Waals surface area contributed by atoms with Crippen LogP contribution in [0, 0.1) is 0 Å². The van der Waals surface area contributed by atoms with Gasteiger partial charge >= 0.3 is 0 Å². The Kier molecular flexibility index (Phi) is 5.59. The molecule has 0 amide bonds. The number of rotatable bonds is 5. The fraction of sp³-hybridized carbons (Fsp3) is 0.346. The van der Waals surface area contributed by atoms with Crippen molar-refractivity contribution in [3.63, 3.8) is 0 Å². The number of anilines is 1. The number of benzene rings is 3. The molecule has 160 valence electrons. The Bertz CT molecular complexity index is 1190. The molecule has 5 rings (SSSR count). The highest BCUT2D eigenvalue weighted by molar-refractivity contribution is 6.30. The van der Waals surface area contributed by atoms with Crippen molar-refractivity contribution in [1.29, 1.82) is 0 Å². The summed E-state index contributed by atoms with van der Waals surface area (Å²) in [5, 5.41) is 3.37. The molecule has 0 atom stereocenters. The van der Waals surface area contributed by atoms with E-state index in [-0.39, 0.29) is 0 Å². The average molecular weight is 433 g/mol. The highest BCUT2D eigenvalue weighted by Crippen LogP contribution is 2.29. The molecule has 0 spiro atoms. The van der Waals surface area contributed by atoms with Crippen molar-refractivity contribution in [1.82, 2.24) is 14.5 Å². The second kappa shape index (κ2) is 8.52. The van der Waals surface area contributed by atoms with E-state index < -0.39 is 0 Å². The molecular weight excluding hydrogens is 404 g/mol. The lowest BCUT2D eigenvalue weighted by Gasteiger charge is -2.36. The Morgan fingerprint density at radius 2 is 1.65 bits per heavy atom. The molecule has 0 N–H and O–H groups in total. The minimum atomic E-state index is 0.382. The minimum Gasteiger partial charge on any atom is -0.369 e. The van der Waals surface area contributed by atoms with Gasteiger partial charge in [-0.25, -0.2) is 4.98 Å². The van der Waals surface area contributed by atoms with Crippen molar-refractivity contribution < 1.29 is 0 Å². The Balaban J connectivity index is 1.32. The number of fused-ring (bicyclic) bond motifs is 3. The SMILES string of the molecule is CC(C)n1c(CCN2CCN(c3ccc(Cl)cc3)CC2)nc2ccc3ccccc3c21. The summed E-state index contributed by atoms with van der Waals surface area (Å²) in [5.74, 6) is 1.20. The first-order valence-corrected chi connectivity index (χ1v) is 11.6. The van der Waals surface area contributed by atoms with E-state index in [0.717, 1.165) is 49.7 Å². The van der Waals surface area contributed by atoms with Crippen molar-refractivity contribution >= 4 is 39.1 Å². The van der Waals surface area contributed by atoms with Gasteiger partial charge in [0.2, 0.25) is 0 Å². The molecule has 5 heteroatoms. The van der Waals surface area contributed by atoms with Gasteiger partial charge in [0.1, 0.15) is 5.82 Å². The van der Waals surface area contributed by atoms with Crippen molar-refractivity contribution in [2.45, 2.75) is 26.3 Å². The van der Waals surface area contributed by atoms with Crippen LogP contribution < -0.4 is 4.90 Å². The zero-order valence-corrected chi connectivity index (χ0v) is 19.0. The number of aromatic nitrogens is 2. The van der Waals surface area contributed by atoms with Crippen LogP contribution in [0.3, 0.4) is 0 Å². The largest absolute Gasteiger partial charge is 0.369 e. The predicted octanol–water partition coefficient (Wildman–Crippen LogP) is 5.79. The van der Waals surface area contributed by atoms with Gasteiger partial charge in [0.05, 0.1) is 11.0 Å². The van der Waals surface area contributed by atoms with Gasteiger partial charge in [0.15, 0.2) is 0 Å². The molecule has 0 saturated carbocycles. The Labute approximate surface area is 189 Å². The van der Waals surface area contributed by atoms with Gasteiger partial charge in [0, 0.05) is 61.3 Å². The first-order valence-electron chi connectivity index (χ1n) is 11.2. The number of hydrogen-bond acceptors (Lipinski definition) is 3. The first kappa shape index (κ1) is 20.3. The molecule has 3 aromatic carbocycles. The fourth-order valence-corrected chi connectivity index (χ4v) is 4.91. The highest BCUT2D eigenvalue weighted by atomic mass is 35.5. The van der Waals surface area contributed by atoms with E-state index in [9.17, 15) is 0 Å². The minimum absolute atomic E-state index is 0.382. The summed E-state index contributed by atoms with van der Waals surface area (Å²) in [5.41, 5.74) is 3.64. The van der Waals surface area contributed by atoms with Gasteiger partial charge in [0.25, 0.3) is 0 Å². The summed E-state index contributed by atoms with van der Waals surface area (Å²) >= 11 is 6.03. The van der Waals surface area contributed by atoms with Crippen LogP contribution in [0.25, 0.3) is 21.8 Å². The monoisotopic (exact) mass is 432 g/mol. The van der Waals surface area contributed by atoms with Crippen molar-refractivity contribution in [2.75, 3.05) is 37.6 Å². The maximum atomic E-state index is 6.03. The second-order valence-electron chi connectivity index (χ2n) is 8.70. The molecule has 1 aliphatic rings. The summed E-state index contributed by atoms with van der Waals surface area (Å²) in [6.45, 7) is 9.82. The molecule has 2 heterocycles. The van der Waals surface area contributed by atoms with Crippen LogP contribution >= 0.6 is 11.6 Å². The third kappa shape index (κ3) is 4.02. The van der Waals surface area contributed by atoms with Gasteiger partial charge in [-0.1, -0.05) is 41.9 Å². The second-order valence-corrected chi connectivity index (χ2v) is 9.14. The van der Waals surface area contributed by atoms with Gasteiger partial charge in [-0.05, 0) is 49.6 Å². The maximum absolute atomic E-state index is 6.03. The number of nitrogens with zero attached hydrogens (tertiary/aromatic N) is 4. The van der Waals surface area contributed by atoms with Crippen LogP contribution in [0.4, 0.5) is 5.69 Å². The van der Waals surface area contributed by atoms with E-state index in [1.165, 1.54) is 27.8 Å². The third-order valence-corrected chi connectivity index (χ3v) is 6.63. The maximum Gasteiger partial charge on any atom is 0.111 e. The van der Waals surface area contributed by atoms with Crippen LogP contribution in [0.1, 0.15) is 25.7 Å². The standard InChI is InChI=1S/C26H29ClN4/c1-19(2)31-25(28-24-12-7-20-5-3-4-6-23(20)26(24)31)13-14-29-15-17-30(18-16-29)22-10-8-21(27)9-11-22/h3-12,19H,13-18H2,1-2H3. The molecule has 31 heavy (non-hydrogen) atoms. The lowest BCUT2D eigenvalue weighted by Crippen LogP contribution is -2.47. The lowest BCUT2D eigenvalue weighted by molar-refractivity contribution is 0.258. The zero-order chi connectivity index (χ0) is 21.4. The molecule has 4 aromatic rings. The molecule has 1 aromatic heterocycles. The van der Waals surface area contributed by atoms with Gasteiger partial charge < -0.3 is 9.47 Å². The zero-order valence-electron chi connectivity index (χ0n) is 18.3. The van der Waals surface area contributed by atoms with Crippen LogP contribution in [-0.4, -0.2) is 47.2 Å². The van der Waals surface area contributed by atoms with E-state index in [1.54, 1.807) is 0 Å². The molecule has 0 bridgehead atoms. The summed E-state index contributed by atoms with van der Waals surface area (Å²) in [7, 11) is 0. The number of imidazole rings is 1. The van der Waals surface area contributed by atoms with Crippen molar-refractivity contribution in [3.05, 3.63) is 71.5 Å². The highest BCUT2D eigenvalue weighted by Gasteiger charge is 2.20. The van der Waals surface area contributed by atoms with E-state index in [0.29, 0.717) is 6.04 Å². The number of hydrogen-bond donors (Lipinski definition) is 0. The first-order chi connectivity index (χ1) is 15.1. The van der Waals surface area contributed by atoms with Crippen LogP contribution in [-0.2, 0) is 6.42 Å². The lowest BCUT2D eigenvalue weighted by atomic mass is 10.1. The summed E-state index contributed by atoms with van der Waals surface area (Å²) in [4.78, 5) is 10.1. The van der Waals surface area contributed by atoms with Crippen LogP contribution in [0.15, 0.2) is 60.7 Å². The molecule has 4 nitrogen and oxygen atoms in total. The average Bonchev–Trinajstić information content (AvgIpc) is 3.18. The molecule has 0 unspecified atom stereocenters. The predicted molar refractivity (Wildman–Crippen MR) is 131 cm³/mol. The van der Waals surface area contributed by atoms with E-state index in [1.807, 2.05) is 12.1 Å².